The Hall–Kier alpha value is -4.03. The van der Waals surface area contributed by atoms with Gasteiger partial charge in [0.15, 0.2) is 0 Å². The van der Waals surface area contributed by atoms with Crippen LogP contribution in [0.1, 0.15) is 77.9 Å². The molecule has 218 valence electrons. The van der Waals surface area contributed by atoms with Gasteiger partial charge in [0.2, 0.25) is 0 Å². The lowest BCUT2D eigenvalue weighted by atomic mass is 10.00. The van der Waals surface area contributed by atoms with Crippen LogP contribution in [0.4, 0.5) is 0 Å². The smallest absolute Gasteiger partial charge is 0.0375 e. The van der Waals surface area contributed by atoms with E-state index in [1.54, 1.807) is 0 Å². The van der Waals surface area contributed by atoms with Crippen molar-refractivity contribution >= 4 is 11.9 Å². The molecule has 3 aromatic rings. The van der Waals surface area contributed by atoms with E-state index < -0.39 is 0 Å². The summed E-state index contributed by atoms with van der Waals surface area (Å²) in [6, 6.07) is 19.3. The fourth-order valence-electron chi connectivity index (χ4n) is 4.26. The largest absolute Gasteiger partial charge is 0.296 e. The number of allylic oxidation sites excluding steroid dienone is 1. The topological polar surface area (TPSA) is 37.6 Å². The third kappa shape index (κ3) is 15.4. The van der Waals surface area contributed by atoms with Crippen molar-refractivity contribution in [2.75, 3.05) is 7.05 Å². The van der Waals surface area contributed by atoms with Gasteiger partial charge >= 0.3 is 0 Å². The van der Waals surface area contributed by atoms with Crippen LogP contribution in [0.3, 0.4) is 0 Å². The quantitative estimate of drug-likeness (QED) is 0.171. The molecule has 41 heavy (non-hydrogen) atoms. The summed E-state index contributed by atoms with van der Waals surface area (Å²) in [5, 5.41) is 0. The molecule has 0 aliphatic carbocycles. The van der Waals surface area contributed by atoms with Crippen molar-refractivity contribution in [1.29, 1.82) is 0 Å². The predicted octanol–water partition coefficient (Wildman–Crippen LogP) is 9.59. The molecule has 0 radical (unpaired) electrons. The van der Waals surface area contributed by atoms with Crippen molar-refractivity contribution in [1.82, 2.24) is 4.98 Å². The van der Waals surface area contributed by atoms with E-state index in [0.717, 1.165) is 49.9 Å². The minimum Gasteiger partial charge on any atom is -0.296 e. The molecule has 0 atom stereocenters. The molecular weight excluding hydrogens is 498 g/mol. The lowest BCUT2D eigenvalue weighted by molar-refractivity contribution is 0.955. The average molecular weight is 550 g/mol. The number of rotatable bonds is 6. The first-order valence-electron chi connectivity index (χ1n) is 14.4. The SMILES string of the molecule is C#C.C=C.CCc1ccc(C)cc1CC.CN=Cc1cc(CCC2=NC=CCC2)ccc1C.Cc1cccc(C)n1. The van der Waals surface area contributed by atoms with Crippen LogP contribution in [0.15, 0.2) is 90.0 Å². The molecule has 0 saturated heterocycles. The number of benzene rings is 2. The van der Waals surface area contributed by atoms with E-state index in [1.165, 1.54) is 39.1 Å². The Balaban J connectivity index is 0.000000595. The van der Waals surface area contributed by atoms with Crippen molar-refractivity contribution in [3.8, 4) is 12.8 Å². The first-order valence-corrected chi connectivity index (χ1v) is 14.4. The number of aliphatic imine (C=N–C) groups is 2. The Morgan fingerprint density at radius 1 is 0.854 bits per heavy atom. The van der Waals surface area contributed by atoms with Gasteiger partial charge in [0.25, 0.3) is 0 Å². The van der Waals surface area contributed by atoms with Crippen LogP contribution in [-0.4, -0.2) is 24.0 Å². The molecule has 0 unspecified atom stereocenters. The van der Waals surface area contributed by atoms with Gasteiger partial charge in [0, 0.05) is 36.6 Å². The molecule has 1 aliphatic rings. The van der Waals surface area contributed by atoms with E-state index in [1.807, 2.05) is 51.5 Å². The average Bonchev–Trinajstić information content (AvgIpc) is 3.00. The number of aryl methyl sites for hydroxylation is 7. The molecule has 0 fully saturated rings. The summed E-state index contributed by atoms with van der Waals surface area (Å²) in [6.45, 7) is 18.7. The zero-order valence-corrected chi connectivity index (χ0v) is 26.6. The van der Waals surface area contributed by atoms with Crippen molar-refractivity contribution in [2.45, 2.75) is 80.1 Å². The molecule has 0 bridgehead atoms. The Bertz CT molecular complexity index is 1240. The normalized spacial score (nSPS) is 11.3. The van der Waals surface area contributed by atoms with Gasteiger partial charge in [-0.25, -0.2) is 0 Å². The van der Waals surface area contributed by atoms with Crippen molar-refractivity contribution in [2.24, 2.45) is 9.98 Å². The van der Waals surface area contributed by atoms with Crippen LogP contribution in [0.25, 0.3) is 0 Å². The Kier molecular flexibility index (Phi) is 20.5. The number of hydrogen-bond acceptors (Lipinski definition) is 3. The maximum Gasteiger partial charge on any atom is 0.0375 e. The van der Waals surface area contributed by atoms with Gasteiger partial charge in [0.1, 0.15) is 0 Å². The molecule has 1 aliphatic heterocycles. The lowest BCUT2D eigenvalue weighted by Crippen LogP contribution is -2.02. The highest BCUT2D eigenvalue weighted by Crippen LogP contribution is 2.14. The molecule has 2 aromatic carbocycles. The first kappa shape index (κ1) is 37.0. The monoisotopic (exact) mass is 549 g/mol. The summed E-state index contributed by atoms with van der Waals surface area (Å²) < 4.78 is 0. The zero-order valence-electron chi connectivity index (χ0n) is 26.6. The van der Waals surface area contributed by atoms with E-state index >= 15 is 0 Å². The van der Waals surface area contributed by atoms with Crippen molar-refractivity contribution < 1.29 is 0 Å². The van der Waals surface area contributed by atoms with Gasteiger partial charge in [-0.3, -0.25) is 15.0 Å². The first-order chi connectivity index (χ1) is 19.9. The third-order valence-corrected chi connectivity index (χ3v) is 6.43. The van der Waals surface area contributed by atoms with E-state index in [-0.39, 0.29) is 0 Å². The molecule has 3 nitrogen and oxygen atoms in total. The molecule has 0 amide bonds. The second-order valence-corrected chi connectivity index (χ2v) is 9.60. The van der Waals surface area contributed by atoms with Crippen LogP contribution < -0.4 is 0 Å². The van der Waals surface area contributed by atoms with E-state index in [4.69, 9.17) is 0 Å². The van der Waals surface area contributed by atoms with Crippen LogP contribution in [0.2, 0.25) is 0 Å². The van der Waals surface area contributed by atoms with Crippen LogP contribution in [0.5, 0.6) is 0 Å². The molecule has 0 spiro atoms. The maximum absolute atomic E-state index is 4.43. The van der Waals surface area contributed by atoms with Crippen molar-refractivity contribution in [3.05, 3.63) is 125 Å². The Morgan fingerprint density at radius 3 is 2.02 bits per heavy atom. The summed E-state index contributed by atoms with van der Waals surface area (Å²) in [7, 11) is 1.81. The van der Waals surface area contributed by atoms with Gasteiger partial charge in [0.05, 0.1) is 0 Å². The minimum absolute atomic E-state index is 1.07. The summed E-state index contributed by atoms with van der Waals surface area (Å²) in [4.78, 5) is 12.7. The molecule has 3 heteroatoms. The van der Waals surface area contributed by atoms with Gasteiger partial charge < -0.3 is 0 Å². The van der Waals surface area contributed by atoms with E-state index in [2.05, 4.69) is 111 Å². The highest BCUT2D eigenvalue weighted by atomic mass is 14.7. The van der Waals surface area contributed by atoms with Gasteiger partial charge in [-0.2, -0.15) is 0 Å². The summed E-state index contributed by atoms with van der Waals surface area (Å²) in [6.07, 6.45) is 20.7. The highest BCUT2D eigenvalue weighted by molar-refractivity contribution is 5.86. The van der Waals surface area contributed by atoms with E-state index in [0.29, 0.717) is 0 Å². The molecular formula is C38H51N3. The number of terminal acetylenes is 1. The predicted molar refractivity (Wildman–Crippen MR) is 184 cm³/mol. The molecule has 4 rings (SSSR count). The molecule has 1 aromatic heterocycles. The number of nitrogens with zero attached hydrogens (tertiary/aromatic N) is 3. The Morgan fingerprint density at radius 2 is 1.51 bits per heavy atom. The third-order valence-electron chi connectivity index (χ3n) is 6.43. The molecule has 0 N–H and O–H groups in total. The summed E-state index contributed by atoms with van der Waals surface area (Å²) >= 11 is 0. The van der Waals surface area contributed by atoms with Crippen molar-refractivity contribution in [3.63, 3.8) is 0 Å². The van der Waals surface area contributed by atoms with Gasteiger partial charge in [-0.05, 0) is 112 Å². The van der Waals surface area contributed by atoms with Gasteiger partial charge in [-0.15, -0.1) is 26.0 Å². The Labute approximate surface area is 251 Å². The minimum atomic E-state index is 1.07. The maximum atomic E-state index is 4.43. The summed E-state index contributed by atoms with van der Waals surface area (Å²) in [5.41, 5.74) is 11.7. The number of aromatic nitrogens is 1. The fraction of sp³-hybridized carbons (Fsp3) is 0.342. The lowest BCUT2D eigenvalue weighted by Gasteiger charge is -2.09. The number of pyridine rings is 1. The second kappa shape index (κ2) is 22.8. The second-order valence-electron chi connectivity index (χ2n) is 9.60. The van der Waals surface area contributed by atoms with Crippen LogP contribution in [-0.2, 0) is 19.3 Å². The van der Waals surface area contributed by atoms with Crippen LogP contribution >= 0.6 is 0 Å². The van der Waals surface area contributed by atoms with E-state index in [9.17, 15) is 0 Å². The van der Waals surface area contributed by atoms with Gasteiger partial charge in [-0.1, -0.05) is 61.9 Å². The highest BCUT2D eigenvalue weighted by Gasteiger charge is 2.04. The summed E-state index contributed by atoms with van der Waals surface area (Å²) in [5.74, 6) is 0. The fourth-order valence-corrected chi connectivity index (χ4v) is 4.26. The standard InChI is InChI=1S/C16H20N2.C11H16.C7H9N.C2H4.C2H2/c1-13-6-7-14(11-15(13)12-17-2)8-9-16-5-3-4-10-18-16;1-4-10-7-6-9(3)8-11(10)5-2;1-6-4-3-5-7(2)8-6;2*1-2/h4,6-7,10-12H,3,5,8-9H2,1-2H3;6-8H,4-5H2,1-3H3;3-5H,1-2H3;1-2H2;1-2H. The van der Waals surface area contributed by atoms with Crippen LogP contribution in [0, 0.1) is 40.5 Å². The number of hydrogen-bond donors (Lipinski definition) is 0. The molecule has 2 heterocycles. The zero-order chi connectivity index (χ0) is 31.0. The molecule has 0 saturated carbocycles.